The van der Waals surface area contributed by atoms with E-state index in [4.69, 9.17) is 11.1 Å². The van der Waals surface area contributed by atoms with E-state index in [-0.39, 0.29) is 0 Å². The van der Waals surface area contributed by atoms with E-state index in [1.807, 2.05) is 0 Å². The van der Waals surface area contributed by atoms with Gasteiger partial charge in [-0.15, -0.1) is 0 Å². The Morgan fingerprint density at radius 1 is 0.931 bits per heavy atom. The highest BCUT2D eigenvalue weighted by Gasteiger charge is 2.27. The fraction of sp³-hybridized carbons (Fsp3) is 0.913. The summed E-state index contributed by atoms with van der Waals surface area (Å²) in [6, 6.07) is 0. The summed E-state index contributed by atoms with van der Waals surface area (Å²) < 4.78 is 0. The summed E-state index contributed by atoms with van der Waals surface area (Å²) in [5.74, 6) is 5.21. The van der Waals surface area contributed by atoms with E-state index in [0.29, 0.717) is 0 Å². The SMILES string of the molecule is CC1CCC1SCCNCC(=[NH2+])CCCCCCC(N)=[NH+]CCSC1CCC1C. The monoisotopic (exact) mass is 442 g/mol. The van der Waals surface area contributed by atoms with Crippen LogP contribution in [-0.4, -0.2) is 53.2 Å². The first kappa shape index (κ1) is 25.1. The fourth-order valence-corrected chi connectivity index (χ4v) is 6.54. The Hall–Kier alpha value is -0.200. The first-order valence-electron chi connectivity index (χ1n) is 12.0. The zero-order valence-electron chi connectivity index (χ0n) is 18.9. The molecule has 0 radical (unpaired) electrons. The second-order valence-electron chi connectivity index (χ2n) is 9.13. The molecule has 2 fully saturated rings. The number of rotatable bonds is 17. The lowest BCUT2D eigenvalue weighted by Gasteiger charge is -2.33. The third-order valence-corrected chi connectivity index (χ3v) is 9.66. The van der Waals surface area contributed by atoms with Gasteiger partial charge in [-0.2, -0.15) is 23.5 Å². The van der Waals surface area contributed by atoms with Crippen LogP contribution in [0.15, 0.2) is 0 Å². The molecule has 2 saturated carbocycles. The summed E-state index contributed by atoms with van der Waals surface area (Å²) in [6.07, 6.45) is 12.6. The molecule has 6 N–H and O–H groups in total. The number of hydrogen-bond acceptors (Lipinski definition) is 3. The Morgan fingerprint density at radius 2 is 1.55 bits per heavy atom. The lowest BCUT2D eigenvalue weighted by atomic mass is 9.87. The van der Waals surface area contributed by atoms with Gasteiger partial charge in [0.25, 0.3) is 0 Å². The summed E-state index contributed by atoms with van der Waals surface area (Å²) in [5, 5.41) is 11.5. The summed E-state index contributed by atoms with van der Waals surface area (Å²) in [6.45, 7) is 7.71. The van der Waals surface area contributed by atoms with E-state index in [2.05, 4.69) is 47.7 Å². The Morgan fingerprint density at radius 3 is 2.14 bits per heavy atom. The molecular formula is C23H46N4S2+2. The van der Waals surface area contributed by atoms with Gasteiger partial charge in [-0.3, -0.25) is 16.1 Å². The lowest BCUT2D eigenvalue weighted by molar-refractivity contribution is -0.453. The van der Waals surface area contributed by atoms with E-state index in [0.717, 1.165) is 66.4 Å². The van der Waals surface area contributed by atoms with Crippen LogP contribution >= 0.6 is 23.5 Å². The summed E-state index contributed by atoms with van der Waals surface area (Å²) in [7, 11) is 0. The number of amidine groups is 1. The van der Waals surface area contributed by atoms with Crippen LogP contribution in [0.4, 0.5) is 0 Å². The average molecular weight is 443 g/mol. The number of thioether (sulfide) groups is 2. The van der Waals surface area contributed by atoms with Crippen LogP contribution in [0.2, 0.25) is 0 Å². The molecule has 29 heavy (non-hydrogen) atoms. The van der Waals surface area contributed by atoms with Crippen molar-refractivity contribution in [2.45, 2.75) is 88.6 Å². The lowest BCUT2D eigenvalue weighted by Crippen LogP contribution is -2.76. The third-order valence-electron chi connectivity index (χ3n) is 6.53. The molecule has 0 amide bonds. The normalized spacial score (nSPS) is 26.8. The summed E-state index contributed by atoms with van der Waals surface area (Å²) >= 11 is 4.24. The van der Waals surface area contributed by atoms with E-state index >= 15 is 0 Å². The van der Waals surface area contributed by atoms with Crippen molar-refractivity contribution in [3.63, 3.8) is 0 Å². The maximum absolute atomic E-state index is 6.16. The van der Waals surface area contributed by atoms with E-state index < -0.39 is 0 Å². The van der Waals surface area contributed by atoms with Crippen LogP contribution < -0.4 is 21.5 Å². The maximum Gasteiger partial charge on any atom is 0.240 e. The number of nitrogens with two attached hydrogens (primary N) is 2. The summed E-state index contributed by atoms with van der Waals surface area (Å²) in [5.41, 5.74) is 7.22. The molecule has 0 aromatic carbocycles. The molecule has 168 valence electrons. The Balaban J connectivity index is 1.32. The van der Waals surface area contributed by atoms with Gasteiger partial charge in [-0.1, -0.05) is 26.7 Å². The molecule has 4 atom stereocenters. The predicted octanol–water partition coefficient (Wildman–Crippen LogP) is 1.62. The zero-order chi connectivity index (χ0) is 20.9. The second-order valence-corrected chi connectivity index (χ2v) is 11.8. The van der Waals surface area contributed by atoms with E-state index in [1.54, 1.807) is 0 Å². The molecular weight excluding hydrogens is 396 g/mol. The molecule has 4 unspecified atom stereocenters. The van der Waals surface area contributed by atoms with E-state index in [9.17, 15) is 0 Å². The number of nitrogens with one attached hydrogen (secondary N) is 2. The second kappa shape index (κ2) is 14.7. The molecule has 0 bridgehead atoms. The summed E-state index contributed by atoms with van der Waals surface area (Å²) in [4.78, 5) is 3.40. The van der Waals surface area contributed by atoms with Crippen molar-refractivity contribution in [1.29, 1.82) is 0 Å². The van der Waals surface area contributed by atoms with Crippen LogP contribution in [-0.2, 0) is 0 Å². The van der Waals surface area contributed by atoms with Gasteiger partial charge >= 0.3 is 0 Å². The minimum absolute atomic E-state index is 0.878. The van der Waals surface area contributed by atoms with Gasteiger partial charge in [0.15, 0.2) is 5.71 Å². The Labute approximate surface area is 187 Å². The Kier molecular flexibility index (Phi) is 12.7. The van der Waals surface area contributed by atoms with Crippen molar-refractivity contribution >= 4 is 35.1 Å². The van der Waals surface area contributed by atoms with Crippen LogP contribution in [0, 0.1) is 11.8 Å². The standard InChI is InChI=1S/C23H44N4S2/c1-18-9-11-21(18)28-15-13-26-17-20(24)7-5-3-4-6-8-23(25)27-14-16-29-22-12-10-19(22)2/h18-19,21-22,24,26H,3-17H2,1-2H3,(H2,25,27)/p+2. The molecule has 0 heterocycles. The topological polar surface area (TPSA) is 77.6 Å². The molecule has 2 aliphatic rings. The highest BCUT2D eigenvalue weighted by Crippen LogP contribution is 2.37. The highest BCUT2D eigenvalue weighted by molar-refractivity contribution is 8.00. The molecule has 0 saturated heterocycles. The zero-order valence-corrected chi connectivity index (χ0v) is 20.5. The minimum Gasteiger partial charge on any atom is -0.307 e. The largest absolute Gasteiger partial charge is 0.307 e. The van der Waals surface area contributed by atoms with Gasteiger partial charge in [-0.25, -0.2) is 0 Å². The van der Waals surface area contributed by atoms with Crippen molar-refractivity contribution in [3.05, 3.63) is 0 Å². The van der Waals surface area contributed by atoms with Crippen LogP contribution in [0.5, 0.6) is 0 Å². The van der Waals surface area contributed by atoms with Crippen molar-refractivity contribution in [2.75, 3.05) is 31.1 Å². The van der Waals surface area contributed by atoms with Gasteiger partial charge in [0.2, 0.25) is 5.84 Å². The van der Waals surface area contributed by atoms with Crippen molar-refractivity contribution in [2.24, 2.45) is 17.6 Å². The molecule has 2 rings (SSSR count). The molecule has 6 heteroatoms. The quantitative estimate of drug-likeness (QED) is 0.157. The van der Waals surface area contributed by atoms with Gasteiger partial charge in [-0.05, 0) is 50.4 Å². The van der Waals surface area contributed by atoms with Crippen LogP contribution in [0.3, 0.4) is 0 Å². The number of unbranched alkanes of at least 4 members (excludes halogenated alkanes) is 3. The fourth-order valence-electron chi connectivity index (χ4n) is 3.92. The van der Waals surface area contributed by atoms with Crippen molar-refractivity contribution in [3.8, 4) is 0 Å². The molecule has 0 aromatic rings. The molecule has 4 nitrogen and oxygen atoms in total. The van der Waals surface area contributed by atoms with Crippen molar-refractivity contribution < 1.29 is 10.4 Å². The first-order valence-corrected chi connectivity index (χ1v) is 14.0. The van der Waals surface area contributed by atoms with Gasteiger partial charge < -0.3 is 5.32 Å². The molecule has 0 aliphatic heterocycles. The molecule has 0 spiro atoms. The van der Waals surface area contributed by atoms with Gasteiger partial charge in [0.05, 0.1) is 13.1 Å². The predicted molar refractivity (Wildman–Crippen MR) is 132 cm³/mol. The number of hydrogen-bond donors (Lipinski definition) is 4. The average Bonchev–Trinajstić information content (AvgIpc) is 2.70. The minimum atomic E-state index is 0.878. The van der Waals surface area contributed by atoms with E-state index in [1.165, 1.54) is 62.9 Å². The van der Waals surface area contributed by atoms with Gasteiger partial charge in [0.1, 0.15) is 0 Å². The van der Waals surface area contributed by atoms with Crippen molar-refractivity contribution in [1.82, 2.24) is 5.32 Å². The molecule has 0 aromatic heterocycles. The smallest absolute Gasteiger partial charge is 0.240 e. The maximum atomic E-state index is 6.16. The third kappa shape index (κ3) is 10.6. The van der Waals surface area contributed by atoms with Crippen LogP contribution in [0.25, 0.3) is 0 Å². The van der Waals surface area contributed by atoms with Crippen LogP contribution in [0.1, 0.15) is 78.1 Å². The van der Waals surface area contributed by atoms with Gasteiger partial charge in [0, 0.05) is 41.4 Å². The highest BCUT2D eigenvalue weighted by atomic mass is 32.2. The molecule has 2 aliphatic carbocycles. The first-order chi connectivity index (χ1) is 14.1. The Bertz CT molecular complexity index is 497.